The van der Waals surface area contributed by atoms with E-state index < -0.39 is 0 Å². The van der Waals surface area contributed by atoms with Crippen LogP contribution in [0.3, 0.4) is 0 Å². The maximum atomic E-state index is 13.1. The molecule has 2 aromatic heterocycles. The zero-order valence-electron chi connectivity index (χ0n) is 16.6. The van der Waals surface area contributed by atoms with Gasteiger partial charge in [0.15, 0.2) is 0 Å². The van der Waals surface area contributed by atoms with Crippen molar-refractivity contribution in [1.82, 2.24) is 20.2 Å². The predicted molar refractivity (Wildman–Crippen MR) is 117 cm³/mol. The summed E-state index contributed by atoms with van der Waals surface area (Å²) >= 11 is 6.33. The van der Waals surface area contributed by atoms with Crippen molar-refractivity contribution >= 4 is 28.4 Å². The molecule has 0 atom stereocenters. The third kappa shape index (κ3) is 4.41. The number of fused-ring (bicyclic) bond motifs is 1. The fourth-order valence-corrected chi connectivity index (χ4v) is 4.02. The van der Waals surface area contributed by atoms with Crippen LogP contribution >= 0.6 is 11.6 Å². The fraction of sp³-hybridized carbons (Fsp3) is 0.348. The number of nitrogens with zero attached hydrogens (tertiary/aromatic N) is 3. The topological polar surface area (TPSA) is 58.1 Å². The zero-order valence-corrected chi connectivity index (χ0v) is 17.4. The number of likely N-dealkylation sites (tertiary alicyclic amines) is 1. The van der Waals surface area contributed by atoms with Gasteiger partial charge in [0.1, 0.15) is 0 Å². The van der Waals surface area contributed by atoms with Crippen molar-refractivity contribution in [3.63, 3.8) is 0 Å². The Morgan fingerprint density at radius 3 is 2.66 bits per heavy atom. The predicted octanol–water partition coefficient (Wildman–Crippen LogP) is 4.47. The van der Waals surface area contributed by atoms with E-state index in [0.717, 1.165) is 47.4 Å². The molecule has 0 spiro atoms. The van der Waals surface area contributed by atoms with Crippen LogP contribution in [-0.2, 0) is 0 Å². The number of halogens is 1. The van der Waals surface area contributed by atoms with E-state index in [1.807, 2.05) is 37.3 Å². The average Bonchev–Trinajstić information content (AvgIpc) is 2.77. The number of benzene rings is 1. The third-order valence-corrected chi connectivity index (χ3v) is 5.96. The first-order chi connectivity index (χ1) is 14.1. The van der Waals surface area contributed by atoms with Gasteiger partial charge in [0.05, 0.1) is 16.8 Å². The summed E-state index contributed by atoms with van der Waals surface area (Å²) < 4.78 is 0. The van der Waals surface area contributed by atoms with Gasteiger partial charge in [-0.2, -0.15) is 0 Å². The number of carbonyl (C=O) groups is 1. The molecular formula is C23H25ClN4O. The van der Waals surface area contributed by atoms with Crippen LogP contribution in [0.15, 0.2) is 42.7 Å². The number of aromatic nitrogens is 2. The van der Waals surface area contributed by atoms with Gasteiger partial charge in [0, 0.05) is 41.5 Å². The van der Waals surface area contributed by atoms with Crippen LogP contribution in [0.1, 0.15) is 35.2 Å². The van der Waals surface area contributed by atoms with Crippen molar-refractivity contribution in [2.75, 3.05) is 26.2 Å². The Labute approximate surface area is 176 Å². The standard InChI is InChI=1S/C23H25ClN4O/c1-16-20(24)6-5-18-19(23(29)26-11-14-28-12-3-2-4-13-28)15-21(27-22(16)18)17-7-9-25-10-8-17/h5-10,15H,2-4,11-14H2,1H3,(H,26,29). The van der Waals surface area contributed by atoms with Crippen molar-refractivity contribution in [2.24, 2.45) is 0 Å². The first-order valence-corrected chi connectivity index (χ1v) is 10.5. The molecule has 1 aliphatic heterocycles. The Hall–Kier alpha value is -2.50. The minimum atomic E-state index is -0.0774. The SMILES string of the molecule is Cc1c(Cl)ccc2c(C(=O)NCCN3CCCCC3)cc(-c3ccncc3)nc12. The van der Waals surface area contributed by atoms with Crippen LogP contribution in [0.2, 0.25) is 5.02 Å². The Kier molecular flexibility index (Phi) is 6.07. The Bertz CT molecular complexity index is 1020. The number of nitrogens with one attached hydrogen (secondary N) is 1. The number of carbonyl (C=O) groups excluding carboxylic acids is 1. The lowest BCUT2D eigenvalue weighted by molar-refractivity contribution is 0.0948. The second-order valence-electron chi connectivity index (χ2n) is 7.52. The molecule has 5 nitrogen and oxygen atoms in total. The van der Waals surface area contributed by atoms with Gasteiger partial charge in [0.2, 0.25) is 0 Å². The second-order valence-corrected chi connectivity index (χ2v) is 7.92. The minimum absolute atomic E-state index is 0.0774. The summed E-state index contributed by atoms with van der Waals surface area (Å²) in [6.07, 6.45) is 7.26. The third-order valence-electron chi connectivity index (χ3n) is 5.55. The molecule has 0 unspecified atom stereocenters. The van der Waals surface area contributed by atoms with Crippen LogP contribution < -0.4 is 5.32 Å². The molecule has 4 rings (SSSR count). The molecule has 0 radical (unpaired) electrons. The average molecular weight is 409 g/mol. The summed E-state index contributed by atoms with van der Waals surface area (Å²) in [6.45, 7) is 5.71. The highest BCUT2D eigenvalue weighted by atomic mass is 35.5. The van der Waals surface area contributed by atoms with E-state index in [4.69, 9.17) is 16.6 Å². The van der Waals surface area contributed by atoms with Gasteiger partial charge in [-0.1, -0.05) is 24.1 Å². The molecule has 1 amide bonds. The van der Waals surface area contributed by atoms with E-state index in [-0.39, 0.29) is 5.91 Å². The van der Waals surface area contributed by atoms with Gasteiger partial charge in [-0.05, 0) is 62.7 Å². The number of aryl methyl sites for hydroxylation is 1. The van der Waals surface area contributed by atoms with E-state index in [2.05, 4.69) is 15.2 Å². The molecule has 0 saturated carbocycles. The molecule has 150 valence electrons. The summed E-state index contributed by atoms with van der Waals surface area (Å²) in [5, 5.41) is 4.56. The number of hydrogen-bond acceptors (Lipinski definition) is 4. The van der Waals surface area contributed by atoms with E-state index in [0.29, 0.717) is 17.1 Å². The quantitative estimate of drug-likeness (QED) is 0.676. The Morgan fingerprint density at radius 2 is 1.90 bits per heavy atom. The fourth-order valence-electron chi connectivity index (χ4n) is 3.87. The molecule has 1 aromatic carbocycles. The summed E-state index contributed by atoms with van der Waals surface area (Å²) in [6, 6.07) is 9.37. The van der Waals surface area contributed by atoms with Crippen LogP contribution in [-0.4, -0.2) is 47.0 Å². The Morgan fingerprint density at radius 1 is 1.14 bits per heavy atom. The highest BCUT2D eigenvalue weighted by Gasteiger charge is 2.17. The largest absolute Gasteiger partial charge is 0.351 e. The lowest BCUT2D eigenvalue weighted by Crippen LogP contribution is -2.37. The number of hydrogen-bond donors (Lipinski definition) is 1. The first kappa shape index (κ1) is 19.8. The van der Waals surface area contributed by atoms with Gasteiger partial charge in [-0.3, -0.25) is 9.78 Å². The maximum Gasteiger partial charge on any atom is 0.252 e. The van der Waals surface area contributed by atoms with Gasteiger partial charge in [-0.25, -0.2) is 4.98 Å². The number of rotatable bonds is 5. The van der Waals surface area contributed by atoms with Crippen LogP contribution in [0.25, 0.3) is 22.2 Å². The summed E-state index contributed by atoms with van der Waals surface area (Å²) in [5.41, 5.74) is 3.92. The summed E-state index contributed by atoms with van der Waals surface area (Å²) in [4.78, 5) is 24.4. The highest BCUT2D eigenvalue weighted by molar-refractivity contribution is 6.32. The highest BCUT2D eigenvalue weighted by Crippen LogP contribution is 2.30. The normalized spacial score (nSPS) is 14.8. The van der Waals surface area contributed by atoms with Gasteiger partial charge in [0.25, 0.3) is 5.91 Å². The molecule has 0 bridgehead atoms. The van der Waals surface area contributed by atoms with E-state index in [1.165, 1.54) is 19.3 Å². The molecule has 29 heavy (non-hydrogen) atoms. The minimum Gasteiger partial charge on any atom is -0.351 e. The van der Waals surface area contributed by atoms with Gasteiger partial charge >= 0.3 is 0 Å². The van der Waals surface area contributed by atoms with Crippen LogP contribution in [0.5, 0.6) is 0 Å². The number of pyridine rings is 2. The number of piperidine rings is 1. The molecule has 0 aliphatic carbocycles. The monoisotopic (exact) mass is 408 g/mol. The van der Waals surface area contributed by atoms with Crippen molar-refractivity contribution < 1.29 is 4.79 Å². The smallest absolute Gasteiger partial charge is 0.252 e. The van der Waals surface area contributed by atoms with E-state index in [1.54, 1.807) is 12.4 Å². The van der Waals surface area contributed by atoms with E-state index >= 15 is 0 Å². The molecule has 1 fully saturated rings. The van der Waals surface area contributed by atoms with Crippen molar-refractivity contribution in [3.8, 4) is 11.3 Å². The lowest BCUT2D eigenvalue weighted by Gasteiger charge is -2.26. The van der Waals surface area contributed by atoms with Crippen molar-refractivity contribution in [2.45, 2.75) is 26.2 Å². The molecule has 1 saturated heterocycles. The van der Waals surface area contributed by atoms with Crippen LogP contribution in [0, 0.1) is 6.92 Å². The first-order valence-electron chi connectivity index (χ1n) is 10.1. The molecule has 1 aliphatic rings. The molecule has 3 aromatic rings. The van der Waals surface area contributed by atoms with Gasteiger partial charge < -0.3 is 10.2 Å². The Balaban J connectivity index is 1.64. The van der Waals surface area contributed by atoms with Gasteiger partial charge in [-0.15, -0.1) is 0 Å². The maximum absolute atomic E-state index is 13.1. The summed E-state index contributed by atoms with van der Waals surface area (Å²) in [5.74, 6) is -0.0774. The number of amides is 1. The van der Waals surface area contributed by atoms with Crippen LogP contribution in [0.4, 0.5) is 0 Å². The lowest BCUT2D eigenvalue weighted by atomic mass is 10.0. The summed E-state index contributed by atoms with van der Waals surface area (Å²) in [7, 11) is 0. The second kappa shape index (κ2) is 8.89. The molecular weight excluding hydrogens is 384 g/mol. The molecule has 3 heterocycles. The van der Waals surface area contributed by atoms with Crippen molar-refractivity contribution in [1.29, 1.82) is 0 Å². The van der Waals surface area contributed by atoms with Crippen molar-refractivity contribution in [3.05, 3.63) is 58.9 Å². The molecule has 6 heteroatoms. The molecule has 1 N–H and O–H groups in total. The zero-order chi connectivity index (χ0) is 20.2. The van der Waals surface area contributed by atoms with E-state index in [9.17, 15) is 4.79 Å².